The minimum atomic E-state index is -0.0972. The first-order valence-electron chi connectivity index (χ1n) is 10.4. The zero-order valence-electron chi connectivity index (χ0n) is 17.8. The van der Waals surface area contributed by atoms with Crippen LogP contribution in [-0.2, 0) is 12.8 Å². The summed E-state index contributed by atoms with van der Waals surface area (Å²) < 4.78 is 12.0. The van der Waals surface area contributed by atoms with Crippen molar-refractivity contribution in [1.29, 1.82) is 0 Å². The first kappa shape index (κ1) is 25.4. The van der Waals surface area contributed by atoms with Gasteiger partial charge in [-0.2, -0.15) is 0 Å². The van der Waals surface area contributed by atoms with Crippen molar-refractivity contribution in [1.82, 2.24) is 5.32 Å². The molecule has 4 nitrogen and oxygen atoms in total. The molecular formula is C24H28Cl3NO3. The van der Waals surface area contributed by atoms with Crippen LogP contribution in [0.1, 0.15) is 48.2 Å². The van der Waals surface area contributed by atoms with Crippen LogP contribution in [0.5, 0.6) is 11.5 Å². The quantitative estimate of drug-likeness (QED) is 0.339. The van der Waals surface area contributed by atoms with Crippen molar-refractivity contribution in [3.05, 3.63) is 68.7 Å². The van der Waals surface area contributed by atoms with Gasteiger partial charge in [-0.1, -0.05) is 48.7 Å². The molecule has 31 heavy (non-hydrogen) atoms. The molecule has 0 aliphatic heterocycles. The van der Waals surface area contributed by atoms with Crippen molar-refractivity contribution in [3.8, 4) is 11.5 Å². The molecule has 0 spiro atoms. The van der Waals surface area contributed by atoms with E-state index in [4.69, 9.17) is 44.3 Å². The van der Waals surface area contributed by atoms with Gasteiger partial charge < -0.3 is 14.8 Å². The summed E-state index contributed by atoms with van der Waals surface area (Å²) in [4.78, 5) is 12.1. The van der Waals surface area contributed by atoms with Crippen LogP contribution in [0.15, 0.2) is 47.0 Å². The zero-order chi connectivity index (χ0) is 22.6. The Hall–Kier alpha value is -1.88. The SMILES string of the molecule is CCc1cc(OCC=C(Cl)Cl)cc(CC)c1OCCCCNC(=O)c1ccc(Cl)cc1. The van der Waals surface area contributed by atoms with Gasteiger partial charge in [0, 0.05) is 17.1 Å². The molecule has 0 unspecified atom stereocenters. The van der Waals surface area contributed by atoms with Gasteiger partial charge in [-0.25, -0.2) is 0 Å². The van der Waals surface area contributed by atoms with E-state index < -0.39 is 0 Å². The molecule has 0 heterocycles. The smallest absolute Gasteiger partial charge is 0.251 e. The Kier molecular flexibility index (Phi) is 11.1. The van der Waals surface area contributed by atoms with E-state index in [1.165, 1.54) is 0 Å². The number of nitrogens with one attached hydrogen (secondary N) is 1. The molecule has 2 aromatic rings. The summed E-state index contributed by atoms with van der Waals surface area (Å²) in [6.45, 7) is 5.67. The molecule has 0 fully saturated rings. The molecular weight excluding hydrogens is 457 g/mol. The van der Waals surface area contributed by atoms with E-state index in [0.717, 1.165) is 48.3 Å². The Labute approximate surface area is 199 Å². The number of carbonyl (C=O) groups excluding carboxylic acids is 1. The first-order valence-corrected chi connectivity index (χ1v) is 11.5. The van der Waals surface area contributed by atoms with E-state index in [9.17, 15) is 4.79 Å². The molecule has 168 valence electrons. The van der Waals surface area contributed by atoms with E-state index in [0.29, 0.717) is 30.3 Å². The summed E-state index contributed by atoms with van der Waals surface area (Å²) in [5, 5.41) is 3.53. The summed E-state index contributed by atoms with van der Waals surface area (Å²) in [6, 6.07) is 10.8. The van der Waals surface area contributed by atoms with Gasteiger partial charge in [0.15, 0.2) is 0 Å². The predicted molar refractivity (Wildman–Crippen MR) is 129 cm³/mol. The van der Waals surface area contributed by atoms with Crippen LogP contribution in [-0.4, -0.2) is 25.7 Å². The average Bonchev–Trinajstić information content (AvgIpc) is 2.76. The number of aryl methyl sites for hydroxylation is 2. The standard InChI is InChI=1S/C24H28Cl3NO3/c1-3-17-15-21(30-14-11-22(26)27)16-18(4-2)23(17)31-13-6-5-12-28-24(29)19-7-9-20(25)10-8-19/h7-11,15-16H,3-6,12-14H2,1-2H3,(H,28,29). The van der Waals surface area contributed by atoms with E-state index in [1.807, 2.05) is 12.1 Å². The monoisotopic (exact) mass is 483 g/mol. The minimum Gasteiger partial charge on any atom is -0.493 e. The lowest BCUT2D eigenvalue weighted by molar-refractivity contribution is 0.0952. The van der Waals surface area contributed by atoms with Gasteiger partial charge in [0.25, 0.3) is 5.91 Å². The number of rotatable bonds is 12. The Morgan fingerprint density at radius 2 is 1.65 bits per heavy atom. The Balaban J connectivity index is 1.83. The van der Waals surface area contributed by atoms with E-state index in [2.05, 4.69) is 19.2 Å². The third-order valence-corrected chi connectivity index (χ3v) is 5.24. The Bertz CT molecular complexity index is 853. The number of hydrogen-bond donors (Lipinski definition) is 1. The fraction of sp³-hybridized carbons (Fsp3) is 0.375. The lowest BCUT2D eigenvalue weighted by Gasteiger charge is -2.17. The highest BCUT2D eigenvalue weighted by atomic mass is 35.5. The predicted octanol–water partition coefficient (Wildman–Crippen LogP) is 6.75. The highest BCUT2D eigenvalue weighted by Crippen LogP contribution is 2.31. The topological polar surface area (TPSA) is 47.6 Å². The second-order valence-electron chi connectivity index (χ2n) is 6.90. The van der Waals surface area contributed by atoms with Crippen molar-refractivity contribution in [3.63, 3.8) is 0 Å². The van der Waals surface area contributed by atoms with Crippen molar-refractivity contribution >= 4 is 40.7 Å². The summed E-state index contributed by atoms with van der Waals surface area (Å²) in [5.74, 6) is 1.60. The average molecular weight is 485 g/mol. The number of carbonyl (C=O) groups is 1. The molecule has 0 aromatic heterocycles. The molecule has 0 radical (unpaired) electrons. The van der Waals surface area contributed by atoms with Gasteiger partial charge >= 0.3 is 0 Å². The van der Waals surface area contributed by atoms with Gasteiger partial charge in [0.2, 0.25) is 0 Å². The third-order valence-electron chi connectivity index (χ3n) is 4.68. The largest absolute Gasteiger partial charge is 0.493 e. The maximum absolute atomic E-state index is 12.1. The van der Waals surface area contributed by atoms with Crippen LogP contribution in [0.4, 0.5) is 0 Å². The van der Waals surface area contributed by atoms with Crippen LogP contribution in [0.25, 0.3) is 0 Å². The molecule has 2 aromatic carbocycles. The molecule has 0 aliphatic rings. The highest BCUT2D eigenvalue weighted by molar-refractivity contribution is 6.55. The minimum absolute atomic E-state index is 0.0972. The number of hydrogen-bond acceptors (Lipinski definition) is 3. The van der Waals surface area contributed by atoms with Gasteiger partial charge in [-0.3, -0.25) is 4.79 Å². The van der Waals surface area contributed by atoms with Gasteiger partial charge in [-0.15, -0.1) is 0 Å². The summed E-state index contributed by atoms with van der Waals surface area (Å²) in [5.41, 5.74) is 2.81. The summed E-state index contributed by atoms with van der Waals surface area (Å²) >= 11 is 17.1. The lowest BCUT2D eigenvalue weighted by atomic mass is 10.0. The van der Waals surface area contributed by atoms with Crippen LogP contribution < -0.4 is 14.8 Å². The summed E-state index contributed by atoms with van der Waals surface area (Å²) in [7, 11) is 0. The molecule has 0 aliphatic carbocycles. The normalized spacial score (nSPS) is 10.5. The number of amides is 1. The number of benzene rings is 2. The second-order valence-corrected chi connectivity index (χ2v) is 8.35. The van der Waals surface area contributed by atoms with Crippen molar-refractivity contribution < 1.29 is 14.3 Å². The number of unbranched alkanes of at least 4 members (excludes halogenated alkanes) is 1. The fourth-order valence-corrected chi connectivity index (χ4v) is 3.28. The van der Waals surface area contributed by atoms with E-state index in [-0.39, 0.29) is 10.4 Å². The van der Waals surface area contributed by atoms with Crippen LogP contribution in [0.2, 0.25) is 5.02 Å². The molecule has 0 saturated heterocycles. The highest BCUT2D eigenvalue weighted by Gasteiger charge is 2.11. The molecule has 0 bridgehead atoms. The van der Waals surface area contributed by atoms with Crippen molar-refractivity contribution in [2.75, 3.05) is 19.8 Å². The van der Waals surface area contributed by atoms with Crippen molar-refractivity contribution in [2.24, 2.45) is 0 Å². The van der Waals surface area contributed by atoms with Crippen LogP contribution in [0.3, 0.4) is 0 Å². The Morgan fingerprint density at radius 1 is 1.00 bits per heavy atom. The Morgan fingerprint density at radius 3 is 2.23 bits per heavy atom. The van der Waals surface area contributed by atoms with Gasteiger partial charge in [-0.05, 0) is 79.3 Å². The fourth-order valence-electron chi connectivity index (χ4n) is 3.02. The number of ether oxygens (including phenoxy) is 2. The number of halogens is 3. The molecule has 1 amide bonds. The molecule has 0 saturated carbocycles. The van der Waals surface area contributed by atoms with E-state index >= 15 is 0 Å². The first-order chi connectivity index (χ1) is 14.9. The summed E-state index contributed by atoms with van der Waals surface area (Å²) in [6.07, 6.45) is 4.95. The molecule has 7 heteroatoms. The third kappa shape index (κ3) is 8.64. The van der Waals surface area contributed by atoms with Crippen LogP contribution in [0, 0.1) is 0 Å². The second kappa shape index (κ2) is 13.5. The molecule has 0 atom stereocenters. The lowest BCUT2D eigenvalue weighted by Crippen LogP contribution is -2.24. The van der Waals surface area contributed by atoms with E-state index in [1.54, 1.807) is 30.3 Å². The van der Waals surface area contributed by atoms with Gasteiger partial charge in [0.1, 0.15) is 22.6 Å². The molecule has 1 N–H and O–H groups in total. The zero-order valence-corrected chi connectivity index (χ0v) is 20.1. The molecule has 2 rings (SSSR count). The maximum atomic E-state index is 12.1. The maximum Gasteiger partial charge on any atom is 0.251 e. The van der Waals surface area contributed by atoms with Gasteiger partial charge in [0.05, 0.1) is 6.61 Å². The van der Waals surface area contributed by atoms with Crippen LogP contribution >= 0.6 is 34.8 Å². The van der Waals surface area contributed by atoms with Crippen molar-refractivity contribution in [2.45, 2.75) is 39.5 Å².